The fourth-order valence-electron chi connectivity index (χ4n) is 0.528. The van der Waals surface area contributed by atoms with Crippen LogP contribution in [0.2, 0.25) is 0 Å². The van der Waals surface area contributed by atoms with Gasteiger partial charge in [0.2, 0.25) is 5.88 Å². The maximum atomic E-state index is 5.20. The minimum Gasteiger partial charge on any atom is -0.475 e. The predicted octanol–water partition coefficient (Wildman–Crippen LogP) is -0.186. The molecule has 0 aromatic carbocycles. The molecular weight excluding hydrogens is 130 g/mol. The summed E-state index contributed by atoms with van der Waals surface area (Å²) in [5, 5.41) is 7.31. The summed E-state index contributed by atoms with van der Waals surface area (Å²) in [6.07, 6.45) is 1.59. The minimum atomic E-state index is 0.485. The summed E-state index contributed by atoms with van der Waals surface area (Å²) in [5.41, 5.74) is 5.20. The van der Waals surface area contributed by atoms with Gasteiger partial charge in [-0.15, -0.1) is 5.10 Å². The zero-order valence-corrected chi connectivity index (χ0v) is 5.53. The first-order valence-electron chi connectivity index (χ1n) is 3.04. The third-order valence-corrected chi connectivity index (χ3v) is 0.916. The van der Waals surface area contributed by atoms with E-state index in [1.54, 1.807) is 18.3 Å². The molecule has 0 fully saturated rings. The molecule has 0 saturated carbocycles. The van der Waals surface area contributed by atoms with Crippen molar-refractivity contribution in [1.29, 1.82) is 0 Å². The van der Waals surface area contributed by atoms with Crippen molar-refractivity contribution >= 4 is 0 Å². The van der Waals surface area contributed by atoms with Crippen molar-refractivity contribution in [3.05, 3.63) is 18.3 Å². The van der Waals surface area contributed by atoms with Crippen molar-refractivity contribution in [2.45, 2.75) is 0 Å². The number of ether oxygens (including phenoxy) is 1. The van der Waals surface area contributed by atoms with Crippen LogP contribution in [0, 0.1) is 0 Å². The van der Waals surface area contributed by atoms with Gasteiger partial charge in [0, 0.05) is 18.8 Å². The number of nitrogens with zero attached hydrogens (tertiary/aromatic N) is 2. The Balaban J connectivity index is 2.43. The Bertz CT molecular complexity index is 178. The van der Waals surface area contributed by atoms with Crippen LogP contribution in [0.15, 0.2) is 18.3 Å². The monoisotopic (exact) mass is 139 g/mol. The van der Waals surface area contributed by atoms with E-state index in [1.807, 2.05) is 0 Å². The van der Waals surface area contributed by atoms with Gasteiger partial charge in [-0.05, 0) is 6.07 Å². The summed E-state index contributed by atoms with van der Waals surface area (Å²) in [6.45, 7) is 0.981. The van der Waals surface area contributed by atoms with E-state index in [4.69, 9.17) is 10.5 Å². The lowest BCUT2D eigenvalue weighted by atomic mass is 10.6. The van der Waals surface area contributed by atoms with Crippen LogP contribution in [0.1, 0.15) is 0 Å². The Morgan fingerprint density at radius 2 is 2.50 bits per heavy atom. The summed E-state index contributed by atoms with van der Waals surface area (Å²) in [7, 11) is 0. The molecule has 0 aliphatic rings. The Kier molecular flexibility index (Phi) is 2.63. The molecule has 0 aliphatic heterocycles. The zero-order valence-electron chi connectivity index (χ0n) is 5.53. The molecule has 1 heterocycles. The molecule has 10 heavy (non-hydrogen) atoms. The molecule has 2 N–H and O–H groups in total. The largest absolute Gasteiger partial charge is 0.475 e. The van der Waals surface area contributed by atoms with Gasteiger partial charge in [-0.2, -0.15) is 5.10 Å². The molecule has 54 valence electrons. The number of hydrogen-bond donors (Lipinski definition) is 1. The van der Waals surface area contributed by atoms with E-state index >= 15 is 0 Å². The predicted molar refractivity (Wildman–Crippen MR) is 36.6 cm³/mol. The number of aromatic nitrogens is 2. The van der Waals surface area contributed by atoms with Crippen LogP contribution >= 0.6 is 0 Å². The van der Waals surface area contributed by atoms with E-state index < -0.39 is 0 Å². The van der Waals surface area contributed by atoms with Crippen LogP contribution < -0.4 is 10.5 Å². The highest BCUT2D eigenvalue weighted by atomic mass is 16.5. The Hall–Kier alpha value is -1.16. The van der Waals surface area contributed by atoms with E-state index in [0.29, 0.717) is 19.0 Å². The molecule has 0 spiro atoms. The number of rotatable bonds is 3. The summed E-state index contributed by atoms with van der Waals surface area (Å²) in [4.78, 5) is 0. The smallest absolute Gasteiger partial charge is 0.233 e. The highest BCUT2D eigenvalue weighted by molar-refractivity contribution is 5.04. The van der Waals surface area contributed by atoms with Crippen molar-refractivity contribution < 1.29 is 4.74 Å². The standard InChI is InChI=1S/C6H9N3O/c7-3-5-10-6-2-1-4-8-9-6/h1-2,4H,3,5,7H2. The van der Waals surface area contributed by atoms with Crippen LogP contribution in [-0.2, 0) is 0 Å². The second kappa shape index (κ2) is 3.79. The molecule has 4 heteroatoms. The molecule has 0 aliphatic carbocycles. The summed E-state index contributed by atoms with van der Waals surface area (Å²) in [6, 6.07) is 3.50. The zero-order chi connectivity index (χ0) is 7.23. The first-order valence-corrected chi connectivity index (χ1v) is 3.04. The van der Waals surface area contributed by atoms with Crippen LogP contribution in [0.25, 0.3) is 0 Å². The highest BCUT2D eigenvalue weighted by Crippen LogP contribution is 1.99. The Morgan fingerprint density at radius 1 is 1.60 bits per heavy atom. The lowest BCUT2D eigenvalue weighted by molar-refractivity contribution is 0.312. The topological polar surface area (TPSA) is 61.0 Å². The van der Waals surface area contributed by atoms with Crippen molar-refractivity contribution in [3.8, 4) is 5.88 Å². The van der Waals surface area contributed by atoms with E-state index in [-0.39, 0.29) is 0 Å². The Labute approximate surface area is 59.0 Å². The maximum absolute atomic E-state index is 5.20. The van der Waals surface area contributed by atoms with Gasteiger partial charge < -0.3 is 10.5 Å². The average Bonchev–Trinajstić information content (AvgIpc) is 2.03. The first kappa shape index (κ1) is 6.95. The second-order valence-corrected chi connectivity index (χ2v) is 1.70. The van der Waals surface area contributed by atoms with Gasteiger partial charge in [-0.3, -0.25) is 0 Å². The average molecular weight is 139 g/mol. The minimum absolute atomic E-state index is 0.485. The van der Waals surface area contributed by atoms with Crippen molar-refractivity contribution in [3.63, 3.8) is 0 Å². The summed E-state index contributed by atoms with van der Waals surface area (Å²) in [5.74, 6) is 0.521. The van der Waals surface area contributed by atoms with Gasteiger partial charge in [-0.25, -0.2) is 0 Å². The molecule has 1 aromatic heterocycles. The van der Waals surface area contributed by atoms with Crippen molar-refractivity contribution in [2.75, 3.05) is 13.2 Å². The normalized spacial score (nSPS) is 9.30. The van der Waals surface area contributed by atoms with Crippen LogP contribution in [-0.4, -0.2) is 23.3 Å². The molecule has 0 amide bonds. The number of hydrogen-bond acceptors (Lipinski definition) is 4. The van der Waals surface area contributed by atoms with Gasteiger partial charge >= 0.3 is 0 Å². The third-order valence-electron chi connectivity index (χ3n) is 0.916. The van der Waals surface area contributed by atoms with Gasteiger partial charge in [0.25, 0.3) is 0 Å². The summed E-state index contributed by atoms with van der Waals surface area (Å²) >= 11 is 0. The molecular formula is C6H9N3O. The van der Waals surface area contributed by atoms with E-state index in [9.17, 15) is 0 Å². The molecule has 0 atom stereocenters. The molecule has 1 rings (SSSR count). The summed E-state index contributed by atoms with van der Waals surface area (Å²) < 4.78 is 5.06. The van der Waals surface area contributed by atoms with Gasteiger partial charge in [-0.1, -0.05) is 0 Å². The van der Waals surface area contributed by atoms with Gasteiger partial charge in [0.1, 0.15) is 6.61 Å². The van der Waals surface area contributed by atoms with Crippen LogP contribution in [0.5, 0.6) is 5.88 Å². The van der Waals surface area contributed by atoms with Crippen LogP contribution in [0.4, 0.5) is 0 Å². The fraction of sp³-hybridized carbons (Fsp3) is 0.333. The first-order chi connectivity index (χ1) is 4.93. The maximum Gasteiger partial charge on any atom is 0.233 e. The van der Waals surface area contributed by atoms with E-state index in [2.05, 4.69) is 10.2 Å². The SMILES string of the molecule is NCCOc1cccnn1. The van der Waals surface area contributed by atoms with Gasteiger partial charge in [0.05, 0.1) is 0 Å². The third kappa shape index (κ3) is 1.99. The molecule has 4 nitrogen and oxygen atoms in total. The Morgan fingerprint density at radius 3 is 3.10 bits per heavy atom. The van der Waals surface area contributed by atoms with Crippen molar-refractivity contribution in [1.82, 2.24) is 10.2 Å². The second-order valence-electron chi connectivity index (χ2n) is 1.70. The van der Waals surface area contributed by atoms with E-state index in [0.717, 1.165) is 0 Å². The number of nitrogens with two attached hydrogens (primary N) is 1. The van der Waals surface area contributed by atoms with Crippen LogP contribution in [0.3, 0.4) is 0 Å². The lowest BCUT2D eigenvalue weighted by Gasteiger charge is -1.99. The molecule has 0 radical (unpaired) electrons. The molecule has 1 aromatic rings. The molecule has 0 bridgehead atoms. The van der Waals surface area contributed by atoms with E-state index in [1.165, 1.54) is 0 Å². The quantitative estimate of drug-likeness (QED) is 0.630. The van der Waals surface area contributed by atoms with Gasteiger partial charge in [0.15, 0.2) is 0 Å². The fourth-order valence-corrected chi connectivity index (χ4v) is 0.528. The molecule has 0 unspecified atom stereocenters. The van der Waals surface area contributed by atoms with Crippen molar-refractivity contribution in [2.24, 2.45) is 5.73 Å². The highest BCUT2D eigenvalue weighted by Gasteiger charge is 1.89. The molecule has 0 saturated heterocycles. The lowest BCUT2D eigenvalue weighted by Crippen LogP contribution is -2.11.